The number of anilines is 2. The molecule has 3 heterocycles. The second-order valence-electron chi connectivity index (χ2n) is 8.47. The lowest BCUT2D eigenvalue weighted by Gasteiger charge is -2.24. The number of nitrogens with zero attached hydrogens (tertiary/aromatic N) is 6. The highest BCUT2D eigenvalue weighted by Gasteiger charge is 2.20. The molecule has 8 heteroatoms. The van der Waals surface area contributed by atoms with Crippen LogP contribution in [-0.2, 0) is 6.54 Å². The maximum Gasteiger partial charge on any atom is 0.165 e. The van der Waals surface area contributed by atoms with Crippen molar-refractivity contribution in [2.75, 3.05) is 30.4 Å². The molecule has 3 aromatic heterocycles. The van der Waals surface area contributed by atoms with Crippen molar-refractivity contribution < 1.29 is 0 Å². The molecule has 0 fully saturated rings. The third kappa shape index (κ3) is 4.50. The van der Waals surface area contributed by atoms with E-state index in [4.69, 9.17) is 33.3 Å². The fourth-order valence-corrected chi connectivity index (χ4v) is 4.35. The molecule has 0 N–H and O–H groups in total. The Balaban J connectivity index is 1.83. The maximum atomic E-state index is 6.26. The Hall–Kier alpha value is -2.83. The Kier molecular flexibility index (Phi) is 6.50. The highest BCUT2D eigenvalue weighted by atomic mass is 35.5. The molecule has 0 amide bonds. The molecule has 0 aliphatic rings. The van der Waals surface area contributed by atoms with E-state index in [-0.39, 0.29) is 0 Å². The lowest BCUT2D eigenvalue weighted by Crippen LogP contribution is -2.25. The fourth-order valence-electron chi connectivity index (χ4n) is 4.03. The van der Waals surface area contributed by atoms with Crippen molar-refractivity contribution in [2.24, 2.45) is 0 Å². The van der Waals surface area contributed by atoms with Crippen LogP contribution < -0.4 is 9.80 Å². The summed E-state index contributed by atoms with van der Waals surface area (Å²) in [4.78, 5) is 13.8. The standard InChI is InChI=1S/C25H28Cl2N6/c1-7-32(14-18-8-9-20(26)21(27)12-18)23-11-16(3)29-25-24(17(4)30-33(23)25)19-13-28-22(31(5)6)10-15(19)2/h8-13H,7,14H2,1-6H3. The SMILES string of the molecule is CCN(Cc1ccc(Cl)c(Cl)c1)c1cc(C)nc2c(-c3cnc(N(C)C)cc3C)c(C)nn12. The molecular weight excluding hydrogens is 455 g/mol. The predicted molar refractivity (Wildman–Crippen MR) is 138 cm³/mol. The average molecular weight is 483 g/mol. The minimum absolute atomic E-state index is 0.558. The van der Waals surface area contributed by atoms with E-state index in [9.17, 15) is 0 Å². The molecule has 0 unspecified atom stereocenters. The summed E-state index contributed by atoms with van der Waals surface area (Å²) < 4.78 is 1.94. The number of aromatic nitrogens is 4. The van der Waals surface area contributed by atoms with Gasteiger partial charge in [0.25, 0.3) is 0 Å². The second-order valence-corrected chi connectivity index (χ2v) is 9.28. The summed E-state index contributed by atoms with van der Waals surface area (Å²) in [6.07, 6.45) is 1.92. The number of rotatable bonds is 6. The molecule has 0 spiro atoms. The Labute approximate surface area is 204 Å². The highest BCUT2D eigenvalue weighted by molar-refractivity contribution is 6.42. The van der Waals surface area contributed by atoms with Gasteiger partial charge in [0.1, 0.15) is 11.6 Å². The summed E-state index contributed by atoms with van der Waals surface area (Å²) in [5, 5.41) is 6.01. The first kappa shape index (κ1) is 23.3. The zero-order valence-electron chi connectivity index (χ0n) is 19.8. The van der Waals surface area contributed by atoms with Crippen molar-refractivity contribution in [3.8, 4) is 11.1 Å². The maximum absolute atomic E-state index is 6.26. The van der Waals surface area contributed by atoms with Crippen molar-refractivity contribution >= 4 is 40.5 Å². The summed E-state index contributed by atoms with van der Waals surface area (Å²) >= 11 is 12.4. The molecule has 0 aliphatic carbocycles. The van der Waals surface area contributed by atoms with Crippen molar-refractivity contribution in [2.45, 2.75) is 34.2 Å². The Morgan fingerprint density at radius 2 is 1.76 bits per heavy atom. The number of fused-ring (bicyclic) bond motifs is 1. The molecule has 1 aromatic carbocycles. The van der Waals surface area contributed by atoms with E-state index in [1.807, 2.05) is 61.8 Å². The second kappa shape index (κ2) is 9.20. The largest absolute Gasteiger partial charge is 0.363 e. The van der Waals surface area contributed by atoms with Gasteiger partial charge in [-0.05, 0) is 57.0 Å². The fraction of sp³-hybridized carbons (Fsp3) is 0.320. The van der Waals surface area contributed by atoms with E-state index in [1.165, 1.54) is 0 Å². The van der Waals surface area contributed by atoms with Crippen LogP contribution in [0.2, 0.25) is 10.0 Å². The van der Waals surface area contributed by atoms with E-state index in [0.29, 0.717) is 16.6 Å². The first-order valence-electron chi connectivity index (χ1n) is 10.9. The van der Waals surface area contributed by atoms with Gasteiger partial charge in [-0.3, -0.25) is 0 Å². The molecule has 0 saturated carbocycles. The average Bonchev–Trinajstić information content (AvgIpc) is 3.09. The minimum Gasteiger partial charge on any atom is -0.363 e. The molecule has 33 heavy (non-hydrogen) atoms. The van der Waals surface area contributed by atoms with Crippen LogP contribution in [0.5, 0.6) is 0 Å². The summed E-state index contributed by atoms with van der Waals surface area (Å²) in [6, 6.07) is 9.92. The molecule has 0 saturated heterocycles. The molecule has 4 rings (SSSR count). The Bertz CT molecular complexity index is 1330. The third-order valence-corrected chi connectivity index (χ3v) is 6.50. The number of hydrogen-bond acceptors (Lipinski definition) is 5. The molecular formula is C25H28Cl2N6. The molecule has 0 bridgehead atoms. The van der Waals surface area contributed by atoms with E-state index in [1.54, 1.807) is 0 Å². The van der Waals surface area contributed by atoms with Gasteiger partial charge in [0.2, 0.25) is 0 Å². The number of aryl methyl sites for hydroxylation is 3. The lowest BCUT2D eigenvalue weighted by molar-refractivity contribution is 0.770. The molecule has 0 aliphatic heterocycles. The molecule has 4 aromatic rings. The van der Waals surface area contributed by atoms with Gasteiger partial charge in [0.05, 0.1) is 21.3 Å². The quantitative estimate of drug-likeness (QED) is 0.331. The van der Waals surface area contributed by atoms with Crippen LogP contribution >= 0.6 is 23.2 Å². The van der Waals surface area contributed by atoms with Crippen LogP contribution in [0, 0.1) is 20.8 Å². The van der Waals surface area contributed by atoms with Crippen LogP contribution in [0.15, 0.2) is 36.5 Å². The van der Waals surface area contributed by atoms with Crippen LogP contribution in [0.1, 0.15) is 29.4 Å². The molecule has 0 radical (unpaired) electrons. The van der Waals surface area contributed by atoms with Gasteiger partial charge in [0, 0.05) is 50.7 Å². The van der Waals surface area contributed by atoms with Gasteiger partial charge in [-0.2, -0.15) is 9.61 Å². The third-order valence-electron chi connectivity index (χ3n) is 5.76. The number of benzene rings is 1. The molecule has 0 atom stereocenters. The van der Waals surface area contributed by atoms with Gasteiger partial charge in [-0.15, -0.1) is 0 Å². The zero-order chi connectivity index (χ0) is 23.9. The van der Waals surface area contributed by atoms with Crippen molar-refractivity contribution in [3.63, 3.8) is 0 Å². The van der Waals surface area contributed by atoms with Gasteiger partial charge in [0.15, 0.2) is 5.65 Å². The van der Waals surface area contributed by atoms with Crippen LogP contribution in [0.25, 0.3) is 16.8 Å². The number of hydrogen-bond donors (Lipinski definition) is 0. The number of pyridine rings is 1. The van der Waals surface area contributed by atoms with Crippen molar-refractivity contribution in [1.82, 2.24) is 19.6 Å². The highest BCUT2D eigenvalue weighted by Crippen LogP contribution is 2.33. The summed E-state index contributed by atoms with van der Waals surface area (Å²) in [7, 11) is 3.98. The molecule has 6 nitrogen and oxygen atoms in total. The van der Waals surface area contributed by atoms with E-state index in [0.717, 1.165) is 57.5 Å². The predicted octanol–water partition coefficient (Wildman–Crippen LogP) is 6.12. The van der Waals surface area contributed by atoms with Crippen molar-refractivity contribution in [1.29, 1.82) is 0 Å². The first-order valence-corrected chi connectivity index (χ1v) is 11.6. The van der Waals surface area contributed by atoms with Crippen molar-refractivity contribution in [3.05, 3.63) is 69.1 Å². The minimum atomic E-state index is 0.558. The summed E-state index contributed by atoms with van der Waals surface area (Å²) in [6.45, 7) is 9.75. The summed E-state index contributed by atoms with van der Waals surface area (Å²) in [5.41, 5.74) is 6.96. The van der Waals surface area contributed by atoms with Gasteiger partial charge >= 0.3 is 0 Å². The van der Waals surface area contributed by atoms with Gasteiger partial charge < -0.3 is 9.80 Å². The van der Waals surface area contributed by atoms with E-state index >= 15 is 0 Å². The Morgan fingerprint density at radius 1 is 1.00 bits per heavy atom. The first-order chi connectivity index (χ1) is 15.7. The monoisotopic (exact) mass is 482 g/mol. The van der Waals surface area contributed by atoms with Crippen LogP contribution in [0.4, 0.5) is 11.6 Å². The van der Waals surface area contributed by atoms with Crippen LogP contribution in [-0.4, -0.2) is 40.2 Å². The Morgan fingerprint density at radius 3 is 2.39 bits per heavy atom. The number of halogens is 2. The zero-order valence-corrected chi connectivity index (χ0v) is 21.3. The van der Waals surface area contributed by atoms with E-state index < -0.39 is 0 Å². The van der Waals surface area contributed by atoms with E-state index in [2.05, 4.69) is 35.9 Å². The van der Waals surface area contributed by atoms with Gasteiger partial charge in [-0.1, -0.05) is 29.3 Å². The molecule has 172 valence electrons. The lowest BCUT2D eigenvalue weighted by atomic mass is 10.0. The smallest absolute Gasteiger partial charge is 0.165 e. The van der Waals surface area contributed by atoms with Crippen LogP contribution in [0.3, 0.4) is 0 Å². The normalized spacial score (nSPS) is 11.3. The summed E-state index contributed by atoms with van der Waals surface area (Å²) in [5.74, 6) is 1.91. The van der Waals surface area contributed by atoms with Gasteiger partial charge in [-0.25, -0.2) is 9.97 Å². The topological polar surface area (TPSA) is 49.6 Å².